The molecule has 24 heavy (non-hydrogen) atoms. The van der Waals surface area contributed by atoms with Crippen LogP contribution in [-0.2, 0) is 11.3 Å². The summed E-state index contributed by atoms with van der Waals surface area (Å²) in [5.74, 6) is 0.827. The van der Waals surface area contributed by atoms with Crippen LogP contribution in [0, 0.1) is 6.92 Å². The minimum Gasteiger partial charge on any atom is -0.357 e. The molecule has 0 atom stereocenters. The first kappa shape index (κ1) is 22.6. The first-order valence-corrected chi connectivity index (χ1v) is 8.21. The van der Waals surface area contributed by atoms with Crippen molar-refractivity contribution in [1.82, 2.24) is 20.1 Å². The normalized spacial score (nSPS) is 10.8. The Morgan fingerprint density at radius 2 is 1.92 bits per heavy atom. The number of hydrogen-bond donors (Lipinski definition) is 1. The fraction of sp³-hybridized carbons (Fsp3) is 0.588. The average Bonchev–Trinajstić information content (AvgIpc) is 2.52. The Kier molecular flexibility index (Phi) is 11.4. The summed E-state index contributed by atoms with van der Waals surface area (Å²) in [4.78, 5) is 25.0. The van der Waals surface area contributed by atoms with E-state index in [0.717, 1.165) is 37.0 Å². The van der Waals surface area contributed by atoms with E-state index in [9.17, 15) is 4.79 Å². The van der Waals surface area contributed by atoms with Crippen molar-refractivity contribution < 1.29 is 4.79 Å². The van der Waals surface area contributed by atoms with E-state index in [2.05, 4.69) is 15.3 Å². The Bertz CT molecular complexity index is 531. The molecule has 136 valence electrons. The van der Waals surface area contributed by atoms with Crippen LogP contribution in [0.15, 0.2) is 23.2 Å². The Balaban J connectivity index is 0.00000529. The van der Waals surface area contributed by atoms with Crippen LogP contribution in [0.1, 0.15) is 32.2 Å². The highest BCUT2D eigenvalue weighted by atomic mass is 127. The third-order valence-corrected chi connectivity index (χ3v) is 3.52. The molecule has 0 saturated carbocycles. The molecule has 1 N–H and O–H groups in total. The van der Waals surface area contributed by atoms with Crippen LogP contribution in [-0.4, -0.2) is 59.9 Å². The SMILES string of the molecule is CCNC(=NCc1cccc(C)n1)N(C)CC(=O)N(CC)CC.I. The topological polar surface area (TPSA) is 60.8 Å². The molecule has 1 rings (SSSR count). The molecule has 0 aliphatic heterocycles. The molecule has 0 aliphatic carbocycles. The van der Waals surface area contributed by atoms with Crippen molar-refractivity contribution in [2.75, 3.05) is 33.2 Å². The monoisotopic (exact) mass is 447 g/mol. The number of guanidine groups is 1. The second kappa shape index (κ2) is 12.0. The van der Waals surface area contributed by atoms with E-state index in [0.29, 0.717) is 13.1 Å². The summed E-state index contributed by atoms with van der Waals surface area (Å²) in [5.41, 5.74) is 1.90. The van der Waals surface area contributed by atoms with Crippen LogP contribution in [0.5, 0.6) is 0 Å². The molecule has 1 heterocycles. The van der Waals surface area contributed by atoms with Gasteiger partial charge in [0.2, 0.25) is 5.91 Å². The molecule has 0 fully saturated rings. The molecular weight excluding hydrogens is 417 g/mol. The number of nitrogens with one attached hydrogen (secondary N) is 1. The molecule has 0 spiro atoms. The van der Waals surface area contributed by atoms with E-state index in [1.165, 1.54) is 0 Å². The second-order valence-corrected chi connectivity index (χ2v) is 5.36. The van der Waals surface area contributed by atoms with E-state index in [-0.39, 0.29) is 29.9 Å². The summed E-state index contributed by atoms with van der Waals surface area (Å²) in [6, 6.07) is 5.90. The average molecular weight is 447 g/mol. The van der Waals surface area contributed by atoms with Gasteiger partial charge in [0.1, 0.15) is 0 Å². The Morgan fingerprint density at radius 1 is 1.25 bits per heavy atom. The lowest BCUT2D eigenvalue weighted by Gasteiger charge is -2.25. The molecule has 1 aromatic heterocycles. The number of likely N-dealkylation sites (N-methyl/N-ethyl adjacent to an activating group) is 2. The number of carbonyl (C=O) groups is 1. The minimum atomic E-state index is 0. The molecule has 6 nitrogen and oxygen atoms in total. The maximum Gasteiger partial charge on any atom is 0.242 e. The highest BCUT2D eigenvalue weighted by Crippen LogP contribution is 2.01. The number of aryl methyl sites for hydroxylation is 1. The van der Waals surface area contributed by atoms with Gasteiger partial charge in [-0.05, 0) is 39.8 Å². The van der Waals surface area contributed by atoms with Crippen LogP contribution < -0.4 is 5.32 Å². The number of aromatic nitrogens is 1. The highest BCUT2D eigenvalue weighted by molar-refractivity contribution is 14.0. The van der Waals surface area contributed by atoms with Crippen molar-refractivity contribution in [2.45, 2.75) is 34.2 Å². The van der Waals surface area contributed by atoms with Crippen LogP contribution in [0.4, 0.5) is 0 Å². The van der Waals surface area contributed by atoms with Gasteiger partial charge in [0.25, 0.3) is 0 Å². The van der Waals surface area contributed by atoms with Gasteiger partial charge in [0, 0.05) is 32.4 Å². The molecule has 0 aliphatic rings. The lowest BCUT2D eigenvalue weighted by Crippen LogP contribution is -2.45. The maximum atomic E-state index is 12.2. The maximum absolute atomic E-state index is 12.2. The van der Waals surface area contributed by atoms with Crippen LogP contribution in [0.2, 0.25) is 0 Å². The fourth-order valence-corrected chi connectivity index (χ4v) is 2.27. The quantitative estimate of drug-likeness (QED) is 0.396. The van der Waals surface area contributed by atoms with Crippen LogP contribution >= 0.6 is 24.0 Å². The van der Waals surface area contributed by atoms with E-state index in [1.54, 1.807) is 0 Å². The van der Waals surface area contributed by atoms with E-state index < -0.39 is 0 Å². The van der Waals surface area contributed by atoms with Crippen molar-refractivity contribution in [2.24, 2.45) is 4.99 Å². The van der Waals surface area contributed by atoms with Crippen molar-refractivity contribution >= 4 is 35.8 Å². The van der Waals surface area contributed by atoms with Gasteiger partial charge < -0.3 is 15.1 Å². The zero-order valence-electron chi connectivity index (χ0n) is 15.4. The lowest BCUT2D eigenvalue weighted by molar-refractivity contribution is -0.131. The Hall–Kier alpha value is -1.38. The third kappa shape index (κ3) is 7.46. The smallest absolute Gasteiger partial charge is 0.242 e. The Labute approximate surface area is 162 Å². The number of carbonyl (C=O) groups excluding carboxylic acids is 1. The predicted molar refractivity (Wildman–Crippen MR) is 110 cm³/mol. The van der Waals surface area contributed by atoms with Gasteiger partial charge in [0.05, 0.1) is 18.8 Å². The van der Waals surface area contributed by atoms with E-state index in [4.69, 9.17) is 0 Å². The van der Waals surface area contributed by atoms with Gasteiger partial charge >= 0.3 is 0 Å². The van der Waals surface area contributed by atoms with Gasteiger partial charge in [-0.1, -0.05) is 6.07 Å². The van der Waals surface area contributed by atoms with Crippen molar-refractivity contribution in [3.8, 4) is 0 Å². The third-order valence-electron chi connectivity index (χ3n) is 3.52. The zero-order valence-corrected chi connectivity index (χ0v) is 17.7. The second-order valence-electron chi connectivity index (χ2n) is 5.36. The summed E-state index contributed by atoms with van der Waals surface area (Å²) in [5, 5.41) is 3.22. The lowest BCUT2D eigenvalue weighted by atomic mass is 10.3. The number of aliphatic imine (C=N–C) groups is 1. The van der Waals surface area contributed by atoms with Crippen LogP contribution in [0.25, 0.3) is 0 Å². The summed E-state index contributed by atoms with van der Waals surface area (Å²) < 4.78 is 0. The number of amides is 1. The molecule has 1 amide bonds. The summed E-state index contributed by atoms with van der Waals surface area (Å²) in [6.07, 6.45) is 0. The standard InChI is InChI=1S/C17H29N5O.HI/c1-6-18-17(19-12-15-11-9-10-14(4)20-15)21(5)13-16(23)22(7-2)8-3;/h9-11H,6-8,12-13H2,1-5H3,(H,18,19);1H. The number of rotatable bonds is 7. The minimum absolute atomic E-state index is 0. The van der Waals surface area contributed by atoms with Gasteiger partial charge in [0.15, 0.2) is 5.96 Å². The molecule has 7 heteroatoms. The summed E-state index contributed by atoms with van der Waals surface area (Å²) in [7, 11) is 1.88. The Morgan fingerprint density at radius 3 is 2.46 bits per heavy atom. The van der Waals surface area contributed by atoms with Crippen molar-refractivity contribution in [3.05, 3.63) is 29.6 Å². The van der Waals surface area contributed by atoms with Crippen LogP contribution in [0.3, 0.4) is 0 Å². The number of halogens is 1. The van der Waals surface area contributed by atoms with Gasteiger partial charge in [-0.25, -0.2) is 4.99 Å². The van der Waals surface area contributed by atoms with E-state index in [1.807, 2.05) is 62.7 Å². The van der Waals surface area contributed by atoms with E-state index >= 15 is 0 Å². The van der Waals surface area contributed by atoms with Crippen molar-refractivity contribution in [1.29, 1.82) is 0 Å². The summed E-state index contributed by atoms with van der Waals surface area (Å²) in [6.45, 7) is 11.0. The first-order chi connectivity index (χ1) is 11.0. The number of pyridine rings is 1. The fourth-order valence-electron chi connectivity index (χ4n) is 2.27. The zero-order chi connectivity index (χ0) is 17.2. The summed E-state index contributed by atoms with van der Waals surface area (Å²) >= 11 is 0. The van der Waals surface area contributed by atoms with Gasteiger partial charge in [-0.2, -0.15) is 0 Å². The largest absolute Gasteiger partial charge is 0.357 e. The molecule has 0 radical (unpaired) electrons. The number of hydrogen-bond acceptors (Lipinski definition) is 3. The van der Waals surface area contributed by atoms with Crippen molar-refractivity contribution in [3.63, 3.8) is 0 Å². The van der Waals surface area contributed by atoms with Gasteiger partial charge in [-0.3, -0.25) is 9.78 Å². The van der Waals surface area contributed by atoms with Gasteiger partial charge in [-0.15, -0.1) is 24.0 Å². The molecule has 1 aromatic rings. The predicted octanol–water partition coefficient (Wildman–Crippen LogP) is 2.27. The molecule has 0 saturated heterocycles. The highest BCUT2D eigenvalue weighted by Gasteiger charge is 2.14. The molecule has 0 aromatic carbocycles. The molecule has 0 unspecified atom stereocenters. The first-order valence-electron chi connectivity index (χ1n) is 8.21. The molecule has 0 bridgehead atoms. The molecular formula is C17H30IN5O. The number of nitrogens with zero attached hydrogens (tertiary/aromatic N) is 4.